The lowest BCUT2D eigenvalue weighted by molar-refractivity contribution is 0.0185. The maximum Gasteiger partial charge on any atom is 0.410 e. The first-order valence-electron chi connectivity index (χ1n) is 8.86. The fourth-order valence-electron chi connectivity index (χ4n) is 2.49. The van der Waals surface area contributed by atoms with E-state index in [1.165, 1.54) is 0 Å². The molecule has 0 unspecified atom stereocenters. The number of likely N-dealkylation sites (tertiary alicyclic amines) is 1. The fraction of sp³-hybridized carbons (Fsp3) is 0.882. The van der Waals surface area contributed by atoms with Crippen molar-refractivity contribution in [2.75, 3.05) is 46.4 Å². The van der Waals surface area contributed by atoms with Gasteiger partial charge in [0.25, 0.3) is 0 Å². The van der Waals surface area contributed by atoms with Gasteiger partial charge in [0.05, 0.1) is 6.61 Å². The number of piperidine rings is 1. The Morgan fingerprint density at radius 3 is 2.46 bits per heavy atom. The molecule has 1 rings (SSSR count). The highest BCUT2D eigenvalue weighted by molar-refractivity contribution is 5.79. The van der Waals surface area contributed by atoms with E-state index in [0.717, 1.165) is 51.6 Å². The molecule has 0 bridgehead atoms. The van der Waals surface area contributed by atoms with Gasteiger partial charge >= 0.3 is 6.09 Å². The molecule has 0 aliphatic carbocycles. The van der Waals surface area contributed by atoms with Gasteiger partial charge in [0.1, 0.15) is 5.60 Å². The number of carbonyl (C=O) groups is 1. The Labute approximate surface area is 146 Å². The van der Waals surface area contributed by atoms with Crippen molar-refractivity contribution < 1.29 is 14.3 Å². The maximum atomic E-state index is 12.1. The molecule has 0 aromatic rings. The zero-order valence-electron chi connectivity index (χ0n) is 15.9. The third-order valence-electron chi connectivity index (χ3n) is 3.79. The summed E-state index contributed by atoms with van der Waals surface area (Å²) in [6, 6.07) is 0. The molecule has 1 aliphatic rings. The second-order valence-electron chi connectivity index (χ2n) is 6.99. The molecule has 1 aliphatic heterocycles. The van der Waals surface area contributed by atoms with Gasteiger partial charge in [-0.3, -0.25) is 4.99 Å². The second-order valence-corrected chi connectivity index (χ2v) is 6.99. The maximum absolute atomic E-state index is 12.1. The van der Waals surface area contributed by atoms with Gasteiger partial charge in [-0.1, -0.05) is 0 Å². The largest absolute Gasteiger partial charge is 0.444 e. The first-order valence-corrected chi connectivity index (χ1v) is 8.86. The number of carbonyl (C=O) groups excluding carboxylic acids is 1. The number of guanidine groups is 1. The molecule has 7 heteroatoms. The Balaban J connectivity index is 2.24. The van der Waals surface area contributed by atoms with Gasteiger partial charge in [-0.15, -0.1) is 0 Å². The van der Waals surface area contributed by atoms with Crippen LogP contribution in [0.25, 0.3) is 0 Å². The van der Waals surface area contributed by atoms with Crippen molar-refractivity contribution in [2.45, 2.75) is 46.1 Å². The average Bonchev–Trinajstić information content (AvgIpc) is 2.53. The van der Waals surface area contributed by atoms with Crippen LogP contribution in [0.1, 0.15) is 40.5 Å². The molecule has 24 heavy (non-hydrogen) atoms. The van der Waals surface area contributed by atoms with Crippen LogP contribution in [0.5, 0.6) is 0 Å². The molecule has 0 radical (unpaired) electrons. The minimum Gasteiger partial charge on any atom is -0.444 e. The van der Waals surface area contributed by atoms with Crippen LogP contribution in [0.2, 0.25) is 0 Å². The zero-order valence-corrected chi connectivity index (χ0v) is 15.9. The van der Waals surface area contributed by atoms with Crippen molar-refractivity contribution in [1.82, 2.24) is 15.5 Å². The van der Waals surface area contributed by atoms with Crippen LogP contribution >= 0.6 is 0 Å². The lowest BCUT2D eigenvalue weighted by Crippen LogP contribution is -2.45. The lowest BCUT2D eigenvalue weighted by Gasteiger charge is -2.33. The molecule has 0 spiro atoms. The number of hydrogen-bond acceptors (Lipinski definition) is 4. The van der Waals surface area contributed by atoms with E-state index in [2.05, 4.69) is 15.6 Å². The van der Waals surface area contributed by atoms with Crippen molar-refractivity contribution in [2.24, 2.45) is 10.9 Å². The third kappa shape index (κ3) is 8.38. The Hall–Kier alpha value is -1.50. The minimum absolute atomic E-state index is 0.206. The standard InChI is InChI=1S/C17H34N4O3/c1-6-23-12-9-19-15(18-5)20-13-14-7-10-21(11-8-14)16(22)24-17(2,3)4/h14H,6-13H2,1-5H3,(H2,18,19,20). The number of ether oxygens (including phenoxy) is 2. The molecule has 1 amide bonds. The van der Waals surface area contributed by atoms with Crippen LogP contribution in [-0.4, -0.2) is 69.0 Å². The third-order valence-corrected chi connectivity index (χ3v) is 3.79. The van der Waals surface area contributed by atoms with Gasteiger partial charge in [-0.25, -0.2) is 4.79 Å². The fourth-order valence-corrected chi connectivity index (χ4v) is 2.49. The van der Waals surface area contributed by atoms with E-state index in [-0.39, 0.29) is 6.09 Å². The van der Waals surface area contributed by atoms with Crippen molar-refractivity contribution in [3.05, 3.63) is 0 Å². The van der Waals surface area contributed by atoms with Crippen LogP contribution in [0.3, 0.4) is 0 Å². The highest BCUT2D eigenvalue weighted by Gasteiger charge is 2.26. The monoisotopic (exact) mass is 342 g/mol. The van der Waals surface area contributed by atoms with Crippen LogP contribution in [0.4, 0.5) is 4.79 Å². The Kier molecular flexibility index (Phi) is 8.89. The predicted molar refractivity (Wildman–Crippen MR) is 96.4 cm³/mol. The summed E-state index contributed by atoms with van der Waals surface area (Å²) < 4.78 is 10.7. The van der Waals surface area contributed by atoms with E-state index in [9.17, 15) is 4.79 Å². The summed E-state index contributed by atoms with van der Waals surface area (Å²) in [5.74, 6) is 1.33. The summed E-state index contributed by atoms with van der Waals surface area (Å²) in [6.07, 6.45) is 1.74. The molecular formula is C17H34N4O3. The quantitative estimate of drug-likeness (QED) is 0.438. The van der Waals surface area contributed by atoms with Gasteiger partial charge in [0.15, 0.2) is 5.96 Å². The number of nitrogens with one attached hydrogen (secondary N) is 2. The molecule has 1 heterocycles. The second kappa shape index (κ2) is 10.4. The topological polar surface area (TPSA) is 75.2 Å². The van der Waals surface area contributed by atoms with Crippen LogP contribution in [-0.2, 0) is 9.47 Å². The molecule has 0 aromatic carbocycles. The van der Waals surface area contributed by atoms with Gasteiger partial charge in [0.2, 0.25) is 0 Å². The molecular weight excluding hydrogens is 308 g/mol. The van der Waals surface area contributed by atoms with E-state index in [1.807, 2.05) is 27.7 Å². The van der Waals surface area contributed by atoms with Crippen molar-refractivity contribution >= 4 is 12.1 Å². The number of hydrogen-bond donors (Lipinski definition) is 2. The first-order chi connectivity index (χ1) is 11.4. The number of amides is 1. The summed E-state index contributed by atoms with van der Waals surface area (Å²) in [5, 5.41) is 6.57. The minimum atomic E-state index is -0.435. The van der Waals surface area contributed by atoms with Crippen molar-refractivity contribution in [3.8, 4) is 0 Å². The predicted octanol–water partition coefficient (Wildman–Crippen LogP) is 1.83. The van der Waals surface area contributed by atoms with E-state index >= 15 is 0 Å². The van der Waals surface area contributed by atoms with E-state index in [1.54, 1.807) is 11.9 Å². The molecule has 0 atom stereocenters. The van der Waals surface area contributed by atoms with Crippen LogP contribution in [0.15, 0.2) is 4.99 Å². The average molecular weight is 342 g/mol. The normalized spacial score (nSPS) is 16.9. The van der Waals surface area contributed by atoms with Crippen molar-refractivity contribution in [1.29, 1.82) is 0 Å². The van der Waals surface area contributed by atoms with Gasteiger partial charge in [0, 0.05) is 39.8 Å². The highest BCUT2D eigenvalue weighted by atomic mass is 16.6. The Morgan fingerprint density at radius 1 is 1.25 bits per heavy atom. The van der Waals surface area contributed by atoms with E-state index in [0.29, 0.717) is 12.5 Å². The molecule has 0 aromatic heterocycles. The summed E-state index contributed by atoms with van der Waals surface area (Å²) in [4.78, 5) is 18.1. The number of nitrogens with zero attached hydrogens (tertiary/aromatic N) is 2. The number of aliphatic imine (C=N–C) groups is 1. The smallest absolute Gasteiger partial charge is 0.410 e. The van der Waals surface area contributed by atoms with Gasteiger partial charge in [-0.2, -0.15) is 0 Å². The SMILES string of the molecule is CCOCCNC(=NC)NCC1CCN(C(=O)OC(C)(C)C)CC1. The molecule has 2 N–H and O–H groups in total. The molecule has 140 valence electrons. The van der Waals surface area contributed by atoms with E-state index < -0.39 is 5.60 Å². The Bertz CT molecular complexity index is 399. The van der Waals surface area contributed by atoms with Gasteiger partial charge in [-0.05, 0) is 46.5 Å². The molecule has 0 saturated carbocycles. The summed E-state index contributed by atoms with van der Waals surface area (Å²) in [6.45, 7) is 12.2. The first kappa shape index (κ1) is 20.5. The molecule has 7 nitrogen and oxygen atoms in total. The summed E-state index contributed by atoms with van der Waals surface area (Å²) in [7, 11) is 1.77. The molecule has 1 fully saturated rings. The Morgan fingerprint density at radius 2 is 1.92 bits per heavy atom. The zero-order chi connectivity index (χ0) is 18.0. The summed E-state index contributed by atoms with van der Waals surface area (Å²) in [5.41, 5.74) is -0.435. The lowest BCUT2D eigenvalue weighted by atomic mass is 9.97. The van der Waals surface area contributed by atoms with Gasteiger partial charge < -0.3 is 25.0 Å². The summed E-state index contributed by atoms with van der Waals surface area (Å²) >= 11 is 0. The molecule has 1 saturated heterocycles. The van der Waals surface area contributed by atoms with Crippen LogP contribution < -0.4 is 10.6 Å². The van der Waals surface area contributed by atoms with Crippen molar-refractivity contribution in [3.63, 3.8) is 0 Å². The van der Waals surface area contributed by atoms with E-state index in [4.69, 9.17) is 9.47 Å². The number of rotatable bonds is 6. The van der Waals surface area contributed by atoms with Crippen LogP contribution in [0, 0.1) is 5.92 Å². The highest BCUT2D eigenvalue weighted by Crippen LogP contribution is 2.19.